The molecule has 2 N–H and O–H groups in total. The lowest BCUT2D eigenvalue weighted by Gasteiger charge is -2.21. The number of nitrogens with one attached hydrogen (secondary N) is 2. The van der Waals surface area contributed by atoms with E-state index in [0.717, 1.165) is 53.5 Å². The smallest absolute Gasteiger partial charge is 0.191 e. The molecule has 1 aliphatic rings. The van der Waals surface area contributed by atoms with E-state index in [1.54, 1.807) is 32.6 Å². The number of rotatable bonds is 7. The van der Waals surface area contributed by atoms with E-state index >= 15 is 0 Å². The van der Waals surface area contributed by atoms with Gasteiger partial charge in [0.15, 0.2) is 11.1 Å². The van der Waals surface area contributed by atoms with Crippen LogP contribution in [0, 0.1) is 0 Å². The summed E-state index contributed by atoms with van der Waals surface area (Å²) in [6.07, 6.45) is 1.03. The van der Waals surface area contributed by atoms with Crippen molar-refractivity contribution in [3.63, 3.8) is 0 Å². The molecule has 1 aromatic heterocycles. The molecular weight excluding hydrogens is 515 g/mol. The lowest BCUT2D eigenvalue weighted by Crippen LogP contribution is -2.44. The lowest BCUT2D eigenvalue weighted by molar-refractivity contribution is 0.394. The number of halogens is 1. The van der Waals surface area contributed by atoms with Crippen LogP contribution in [0.5, 0.6) is 11.5 Å². The highest BCUT2D eigenvalue weighted by Gasteiger charge is 2.24. The van der Waals surface area contributed by atoms with Crippen molar-refractivity contribution in [1.82, 2.24) is 15.6 Å². The first kappa shape index (κ1) is 24.3. The molecule has 2 aromatic rings. The van der Waals surface area contributed by atoms with E-state index in [9.17, 15) is 0 Å². The van der Waals surface area contributed by atoms with Crippen molar-refractivity contribution < 1.29 is 9.47 Å². The fourth-order valence-electron chi connectivity index (χ4n) is 3.23. The van der Waals surface area contributed by atoms with Crippen LogP contribution in [0.15, 0.2) is 28.6 Å². The minimum absolute atomic E-state index is 0. The Bertz CT molecular complexity index is 822. The topological polar surface area (TPSA) is 74.3 Å². The lowest BCUT2D eigenvalue weighted by atomic mass is 10.2. The molecule has 2 heterocycles. The SMILES string of the molecule is CN=C(NCc1csc(N(C)C)n1)NC1CCN(c2cc(OC)cc(OC)c2)C1.I. The van der Waals surface area contributed by atoms with Gasteiger partial charge in [0.1, 0.15) is 11.5 Å². The van der Waals surface area contributed by atoms with Gasteiger partial charge in [-0.2, -0.15) is 0 Å². The van der Waals surface area contributed by atoms with E-state index in [-0.39, 0.29) is 24.0 Å². The van der Waals surface area contributed by atoms with E-state index in [2.05, 4.69) is 30.9 Å². The number of hydrogen-bond donors (Lipinski definition) is 2. The maximum atomic E-state index is 5.40. The fraction of sp³-hybridized carbons (Fsp3) is 0.500. The second-order valence-electron chi connectivity index (χ2n) is 7.09. The Morgan fingerprint density at radius 1 is 1.27 bits per heavy atom. The molecular formula is C20H31IN6O2S. The molecule has 0 amide bonds. The second kappa shape index (κ2) is 11.4. The Morgan fingerprint density at radius 3 is 2.53 bits per heavy atom. The molecule has 1 unspecified atom stereocenters. The van der Waals surface area contributed by atoms with Crippen LogP contribution in [0.2, 0.25) is 0 Å². The number of guanidine groups is 1. The summed E-state index contributed by atoms with van der Waals surface area (Å²) in [5, 5.41) is 9.96. The number of ether oxygens (including phenoxy) is 2. The van der Waals surface area contributed by atoms with E-state index in [4.69, 9.17) is 9.47 Å². The van der Waals surface area contributed by atoms with E-state index in [1.807, 2.05) is 37.2 Å². The molecule has 1 aromatic carbocycles. The summed E-state index contributed by atoms with van der Waals surface area (Å²) in [5.41, 5.74) is 2.12. The number of benzene rings is 1. The van der Waals surface area contributed by atoms with Gasteiger partial charge >= 0.3 is 0 Å². The van der Waals surface area contributed by atoms with Crippen LogP contribution in [0.4, 0.5) is 10.8 Å². The fourth-order valence-corrected chi connectivity index (χ4v) is 3.99. The van der Waals surface area contributed by atoms with E-state index in [0.29, 0.717) is 12.6 Å². The van der Waals surface area contributed by atoms with Gasteiger partial charge in [0.2, 0.25) is 0 Å². The summed E-state index contributed by atoms with van der Waals surface area (Å²) in [6.45, 7) is 2.50. The van der Waals surface area contributed by atoms with Crippen LogP contribution in [0.1, 0.15) is 12.1 Å². The molecule has 0 saturated carbocycles. The molecule has 30 heavy (non-hydrogen) atoms. The first-order valence-electron chi connectivity index (χ1n) is 9.59. The number of methoxy groups -OCH3 is 2. The monoisotopic (exact) mass is 546 g/mol. The van der Waals surface area contributed by atoms with Crippen molar-refractivity contribution in [2.24, 2.45) is 4.99 Å². The average molecular weight is 546 g/mol. The largest absolute Gasteiger partial charge is 0.497 e. The highest BCUT2D eigenvalue weighted by atomic mass is 127. The predicted molar refractivity (Wildman–Crippen MR) is 135 cm³/mol. The van der Waals surface area contributed by atoms with Gasteiger partial charge < -0.3 is 29.9 Å². The van der Waals surface area contributed by atoms with Gasteiger partial charge in [-0.1, -0.05) is 0 Å². The quantitative estimate of drug-likeness (QED) is 0.315. The third-order valence-corrected chi connectivity index (χ3v) is 5.87. The molecule has 1 aliphatic heterocycles. The zero-order valence-electron chi connectivity index (χ0n) is 18.1. The van der Waals surface area contributed by atoms with Crippen molar-refractivity contribution in [3.8, 4) is 11.5 Å². The van der Waals surface area contributed by atoms with Gasteiger partial charge in [-0.3, -0.25) is 4.99 Å². The van der Waals surface area contributed by atoms with Gasteiger partial charge in [0.05, 0.1) is 26.5 Å². The Balaban J connectivity index is 0.00000320. The number of nitrogens with zero attached hydrogens (tertiary/aromatic N) is 4. The molecule has 0 bridgehead atoms. The highest BCUT2D eigenvalue weighted by Crippen LogP contribution is 2.30. The van der Waals surface area contributed by atoms with Crippen LogP contribution in [-0.4, -0.2) is 65.4 Å². The summed E-state index contributed by atoms with van der Waals surface area (Å²) in [5.74, 6) is 2.39. The van der Waals surface area contributed by atoms with Crippen molar-refractivity contribution in [2.45, 2.75) is 19.0 Å². The number of aliphatic imine (C=N–C) groups is 1. The van der Waals surface area contributed by atoms with Crippen LogP contribution >= 0.6 is 35.3 Å². The van der Waals surface area contributed by atoms with Gasteiger partial charge in [-0.05, 0) is 6.42 Å². The number of aromatic nitrogens is 1. The molecule has 10 heteroatoms. The second-order valence-corrected chi connectivity index (χ2v) is 7.92. The molecule has 166 valence electrons. The van der Waals surface area contributed by atoms with Crippen LogP contribution in [0.3, 0.4) is 0 Å². The molecule has 0 spiro atoms. The molecule has 3 rings (SSSR count). The summed E-state index contributed by atoms with van der Waals surface area (Å²) in [4.78, 5) is 13.3. The molecule has 1 atom stereocenters. The Kier molecular flexibility index (Phi) is 9.28. The van der Waals surface area contributed by atoms with Crippen molar-refractivity contribution in [2.75, 3.05) is 58.3 Å². The molecule has 0 aliphatic carbocycles. The summed E-state index contributed by atoms with van der Waals surface area (Å²) in [7, 11) is 9.14. The van der Waals surface area contributed by atoms with Crippen molar-refractivity contribution in [3.05, 3.63) is 29.3 Å². The normalized spacial score (nSPS) is 16.1. The third-order valence-electron chi connectivity index (χ3n) is 4.81. The Hall–Kier alpha value is -1.95. The Morgan fingerprint density at radius 2 is 1.97 bits per heavy atom. The number of thiazole rings is 1. The van der Waals surface area contributed by atoms with E-state index < -0.39 is 0 Å². The van der Waals surface area contributed by atoms with Crippen molar-refractivity contribution >= 4 is 52.1 Å². The molecule has 1 saturated heterocycles. The zero-order valence-corrected chi connectivity index (χ0v) is 21.3. The van der Waals surface area contributed by atoms with Crippen LogP contribution < -0.4 is 29.9 Å². The first-order valence-corrected chi connectivity index (χ1v) is 10.5. The number of anilines is 2. The first-order chi connectivity index (χ1) is 14.0. The highest BCUT2D eigenvalue weighted by molar-refractivity contribution is 14.0. The molecule has 8 nitrogen and oxygen atoms in total. The van der Waals surface area contributed by atoms with Gasteiger partial charge in [0, 0.05) is 69.5 Å². The molecule has 1 fully saturated rings. The van der Waals surface area contributed by atoms with Gasteiger partial charge in [-0.25, -0.2) is 4.98 Å². The maximum Gasteiger partial charge on any atom is 0.191 e. The van der Waals surface area contributed by atoms with Gasteiger partial charge in [-0.15, -0.1) is 35.3 Å². The van der Waals surface area contributed by atoms with Gasteiger partial charge in [0.25, 0.3) is 0 Å². The number of hydrogen-bond acceptors (Lipinski definition) is 7. The summed E-state index contributed by atoms with van der Waals surface area (Å²) >= 11 is 1.64. The summed E-state index contributed by atoms with van der Waals surface area (Å²) in [6, 6.07) is 6.29. The average Bonchev–Trinajstić information content (AvgIpc) is 3.40. The maximum absolute atomic E-state index is 5.40. The van der Waals surface area contributed by atoms with Crippen molar-refractivity contribution in [1.29, 1.82) is 0 Å². The zero-order chi connectivity index (χ0) is 20.8. The third kappa shape index (κ3) is 6.27. The molecule has 0 radical (unpaired) electrons. The van der Waals surface area contributed by atoms with E-state index in [1.165, 1.54) is 0 Å². The predicted octanol–water partition coefficient (Wildman–Crippen LogP) is 2.79. The summed E-state index contributed by atoms with van der Waals surface area (Å²) < 4.78 is 10.8. The van der Waals surface area contributed by atoms with Crippen LogP contribution in [-0.2, 0) is 6.54 Å². The van der Waals surface area contributed by atoms with Crippen LogP contribution in [0.25, 0.3) is 0 Å². The minimum Gasteiger partial charge on any atom is -0.497 e. The Labute approximate surface area is 199 Å². The minimum atomic E-state index is 0. The standard InChI is InChI=1S/C20H30N6O2S.HI/c1-21-19(22-11-15-13-29-20(24-15)25(2)3)23-14-6-7-26(12-14)16-8-17(27-4)10-18(9-16)28-5;/h8-10,13-14H,6-7,11-12H2,1-5H3,(H2,21,22,23);1H.